The Morgan fingerprint density at radius 1 is 1.14 bits per heavy atom. The Hall–Kier alpha value is -2.36. The number of benzene rings is 2. The summed E-state index contributed by atoms with van der Waals surface area (Å²) in [5, 5.41) is 0. The quantitative estimate of drug-likeness (QED) is 0.767. The second-order valence-corrected chi connectivity index (χ2v) is 4.63. The first kappa shape index (κ1) is 15.0. The molecule has 3 nitrogen and oxygen atoms in total. The topological polar surface area (TPSA) is 35.5 Å². The Bertz CT molecular complexity index is 620. The number of aryl methyl sites for hydroxylation is 1. The molecule has 0 unspecified atom stereocenters. The number of ether oxygens (including phenoxy) is 2. The highest BCUT2D eigenvalue weighted by Crippen LogP contribution is 2.25. The van der Waals surface area contributed by atoms with E-state index in [2.05, 4.69) is 11.7 Å². The number of hydrogen-bond acceptors (Lipinski definition) is 3. The molecule has 0 atom stereocenters. The molecule has 4 heteroatoms. The van der Waals surface area contributed by atoms with Crippen LogP contribution in [0.2, 0.25) is 0 Å². The van der Waals surface area contributed by atoms with Crippen molar-refractivity contribution < 1.29 is 18.7 Å². The molecule has 0 saturated carbocycles. The first-order chi connectivity index (χ1) is 10.1. The van der Waals surface area contributed by atoms with Crippen LogP contribution < -0.4 is 4.74 Å². The summed E-state index contributed by atoms with van der Waals surface area (Å²) in [7, 11) is 1.25. The summed E-state index contributed by atoms with van der Waals surface area (Å²) in [4.78, 5) is 11.3. The SMILES string of the molecule is CCCc1ccc(Oc2ccc(C(=O)OC)cc2F)cc1. The van der Waals surface area contributed by atoms with Crippen molar-refractivity contribution >= 4 is 5.97 Å². The third kappa shape index (κ3) is 3.81. The lowest BCUT2D eigenvalue weighted by molar-refractivity contribution is 0.0600. The fourth-order valence-corrected chi connectivity index (χ4v) is 1.97. The van der Waals surface area contributed by atoms with Gasteiger partial charge in [-0.3, -0.25) is 0 Å². The summed E-state index contributed by atoms with van der Waals surface area (Å²) in [6.45, 7) is 2.11. The largest absolute Gasteiger partial charge is 0.465 e. The Labute approximate surface area is 123 Å². The van der Waals surface area contributed by atoms with Crippen LogP contribution in [0.5, 0.6) is 11.5 Å². The first-order valence-electron chi connectivity index (χ1n) is 6.78. The van der Waals surface area contributed by atoms with Gasteiger partial charge in [-0.05, 0) is 42.3 Å². The van der Waals surface area contributed by atoms with Crippen LogP contribution in [-0.2, 0) is 11.2 Å². The lowest BCUT2D eigenvalue weighted by atomic mass is 10.1. The Balaban J connectivity index is 2.14. The van der Waals surface area contributed by atoms with Crippen molar-refractivity contribution in [2.24, 2.45) is 0 Å². The second kappa shape index (κ2) is 6.88. The van der Waals surface area contributed by atoms with Gasteiger partial charge in [0.15, 0.2) is 11.6 Å². The molecule has 0 N–H and O–H groups in total. The van der Waals surface area contributed by atoms with Crippen LogP contribution in [0.4, 0.5) is 4.39 Å². The number of carbonyl (C=O) groups excluding carboxylic acids is 1. The van der Waals surface area contributed by atoms with Crippen molar-refractivity contribution in [3.05, 3.63) is 59.4 Å². The molecule has 0 bridgehead atoms. The van der Waals surface area contributed by atoms with Gasteiger partial charge >= 0.3 is 5.97 Å². The summed E-state index contributed by atoms with van der Waals surface area (Å²) in [5.74, 6) is -0.551. The predicted octanol–water partition coefficient (Wildman–Crippen LogP) is 4.36. The third-order valence-corrected chi connectivity index (χ3v) is 3.04. The lowest BCUT2D eigenvalue weighted by Crippen LogP contribution is -2.02. The van der Waals surface area contributed by atoms with Gasteiger partial charge in [-0.1, -0.05) is 25.5 Å². The molecule has 21 heavy (non-hydrogen) atoms. The Morgan fingerprint density at radius 2 is 1.86 bits per heavy atom. The fraction of sp³-hybridized carbons (Fsp3) is 0.235. The molecule has 0 spiro atoms. The van der Waals surface area contributed by atoms with E-state index in [1.165, 1.54) is 24.8 Å². The van der Waals surface area contributed by atoms with Crippen LogP contribution in [0.1, 0.15) is 29.3 Å². The molecule has 0 aliphatic heterocycles. The van der Waals surface area contributed by atoms with Gasteiger partial charge in [0, 0.05) is 0 Å². The molecule has 0 aliphatic rings. The standard InChI is InChI=1S/C17H17FO3/c1-3-4-12-5-8-14(9-6-12)21-16-10-7-13(11-15(16)18)17(19)20-2/h5-11H,3-4H2,1-2H3. The van der Waals surface area contributed by atoms with Gasteiger partial charge in [0.1, 0.15) is 5.75 Å². The minimum atomic E-state index is -0.601. The summed E-state index contributed by atoms with van der Waals surface area (Å²) < 4.78 is 23.9. The van der Waals surface area contributed by atoms with Gasteiger partial charge in [0.25, 0.3) is 0 Å². The molecule has 0 saturated heterocycles. The van der Waals surface area contributed by atoms with Crippen LogP contribution in [0.3, 0.4) is 0 Å². The van der Waals surface area contributed by atoms with E-state index in [0.29, 0.717) is 5.75 Å². The molecule has 2 aromatic rings. The molecule has 0 aromatic heterocycles. The van der Waals surface area contributed by atoms with Crippen molar-refractivity contribution in [2.45, 2.75) is 19.8 Å². The summed E-state index contributed by atoms with van der Waals surface area (Å²) in [6.07, 6.45) is 2.08. The second-order valence-electron chi connectivity index (χ2n) is 4.63. The van der Waals surface area contributed by atoms with Gasteiger partial charge in [0.2, 0.25) is 0 Å². The normalized spacial score (nSPS) is 10.2. The highest BCUT2D eigenvalue weighted by Gasteiger charge is 2.11. The van der Waals surface area contributed by atoms with Crippen molar-refractivity contribution in [1.29, 1.82) is 0 Å². The first-order valence-corrected chi connectivity index (χ1v) is 6.78. The Kier molecular flexibility index (Phi) is 4.93. The number of hydrogen-bond donors (Lipinski definition) is 0. The van der Waals surface area contributed by atoms with Crippen LogP contribution in [-0.4, -0.2) is 13.1 Å². The average Bonchev–Trinajstić information content (AvgIpc) is 2.50. The molecule has 0 heterocycles. The van der Waals surface area contributed by atoms with Gasteiger partial charge in [0.05, 0.1) is 12.7 Å². The van der Waals surface area contributed by atoms with E-state index in [1.54, 1.807) is 12.1 Å². The number of methoxy groups -OCH3 is 1. The maximum Gasteiger partial charge on any atom is 0.337 e. The number of esters is 1. The van der Waals surface area contributed by atoms with E-state index in [0.717, 1.165) is 18.9 Å². The summed E-state index contributed by atoms with van der Waals surface area (Å²) in [6, 6.07) is 11.5. The minimum absolute atomic E-state index is 0.0749. The zero-order chi connectivity index (χ0) is 15.2. The van der Waals surface area contributed by atoms with E-state index < -0.39 is 11.8 Å². The van der Waals surface area contributed by atoms with Crippen LogP contribution >= 0.6 is 0 Å². The molecule has 2 aromatic carbocycles. The highest BCUT2D eigenvalue weighted by atomic mass is 19.1. The van der Waals surface area contributed by atoms with Crippen molar-refractivity contribution in [2.75, 3.05) is 7.11 Å². The van der Waals surface area contributed by atoms with Gasteiger partial charge in [-0.2, -0.15) is 0 Å². The van der Waals surface area contributed by atoms with Crippen molar-refractivity contribution in [3.8, 4) is 11.5 Å². The molecule has 0 amide bonds. The number of rotatable bonds is 5. The van der Waals surface area contributed by atoms with Gasteiger partial charge in [-0.25, -0.2) is 9.18 Å². The smallest absolute Gasteiger partial charge is 0.337 e. The van der Waals surface area contributed by atoms with Crippen molar-refractivity contribution in [1.82, 2.24) is 0 Å². The van der Waals surface area contributed by atoms with E-state index in [1.807, 2.05) is 12.1 Å². The Morgan fingerprint density at radius 3 is 2.43 bits per heavy atom. The molecule has 0 aliphatic carbocycles. The highest BCUT2D eigenvalue weighted by molar-refractivity contribution is 5.89. The summed E-state index contributed by atoms with van der Waals surface area (Å²) in [5.41, 5.74) is 1.37. The molecule has 0 radical (unpaired) electrons. The lowest BCUT2D eigenvalue weighted by Gasteiger charge is -2.08. The average molecular weight is 288 g/mol. The third-order valence-electron chi connectivity index (χ3n) is 3.04. The number of halogens is 1. The molecular weight excluding hydrogens is 271 g/mol. The van der Waals surface area contributed by atoms with E-state index in [4.69, 9.17) is 4.74 Å². The maximum absolute atomic E-state index is 13.9. The maximum atomic E-state index is 13.9. The summed E-state index contributed by atoms with van der Waals surface area (Å²) >= 11 is 0. The van der Waals surface area contributed by atoms with E-state index >= 15 is 0 Å². The van der Waals surface area contributed by atoms with Gasteiger partial charge < -0.3 is 9.47 Å². The van der Waals surface area contributed by atoms with Gasteiger partial charge in [-0.15, -0.1) is 0 Å². The molecule has 2 rings (SSSR count). The monoisotopic (exact) mass is 288 g/mol. The zero-order valence-corrected chi connectivity index (χ0v) is 12.1. The van der Waals surface area contributed by atoms with E-state index in [-0.39, 0.29) is 11.3 Å². The van der Waals surface area contributed by atoms with Crippen LogP contribution in [0, 0.1) is 5.82 Å². The molecular formula is C17H17FO3. The fourth-order valence-electron chi connectivity index (χ4n) is 1.97. The van der Waals surface area contributed by atoms with Crippen LogP contribution in [0.25, 0.3) is 0 Å². The van der Waals surface area contributed by atoms with Crippen LogP contribution in [0.15, 0.2) is 42.5 Å². The zero-order valence-electron chi connectivity index (χ0n) is 12.1. The molecule has 0 fully saturated rings. The molecule has 110 valence electrons. The van der Waals surface area contributed by atoms with E-state index in [9.17, 15) is 9.18 Å². The predicted molar refractivity (Wildman–Crippen MR) is 78.3 cm³/mol. The van der Waals surface area contributed by atoms with Crippen molar-refractivity contribution in [3.63, 3.8) is 0 Å². The minimum Gasteiger partial charge on any atom is -0.465 e. The number of carbonyl (C=O) groups is 1.